The summed E-state index contributed by atoms with van der Waals surface area (Å²) in [6.07, 6.45) is 0. The predicted octanol–water partition coefficient (Wildman–Crippen LogP) is 2.91. The Morgan fingerprint density at radius 3 is 2.63 bits per heavy atom. The lowest BCUT2D eigenvalue weighted by Crippen LogP contribution is -2.48. The van der Waals surface area contributed by atoms with E-state index in [1.807, 2.05) is 31.2 Å². The molecule has 1 aliphatic heterocycles. The van der Waals surface area contributed by atoms with Crippen LogP contribution in [0.1, 0.15) is 21.7 Å². The van der Waals surface area contributed by atoms with Crippen molar-refractivity contribution in [1.29, 1.82) is 0 Å². The van der Waals surface area contributed by atoms with Crippen molar-refractivity contribution in [3.05, 3.63) is 75.6 Å². The third-order valence-corrected chi connectivity index (χ3v) is 5.06. The number of benzene rings is 2. The van der Waals surface area contributed by atoms with Crippen LogP contribution in [0.4, 0.5) is 5.69 Å². The molecule has 4 rings (SSSR count). The van der Waals surface area contributed by atoms with Gasteiger partial charge < -0.3 is 9.42 Å². The maximum absolute atomic E-state index is 12.7. The van der Waals surface area contributed by atoms with E-state index in [4.69, 9.17) is 4.52 Å². The molecule has 0 bridgehead atoms. The standard InChI is InChI=1S/C21H21N5O4/c1-15-4-2-5-16(12-15)20-22-19(23-30-20)14-24-8-10-25(11-9-24)21(27)17-6-3-7-18(13-17)26(28)29/h2-7,12-13H,8-11,14H2,1H3. The van der Waals surface area contributed by atoms with E-state index >= 15 is 0 Å². The number of hydrogen-bond donors (Lipinski definition) is 0. The van der Waals surface area contributed by atoms with Gasteiger partial charge in [-0.15, -0.1) is 0 Å². The summed E-state index contributed by atoms with van der Waals surface area (Å²) >= 11 is 0. The van der Waals surface area contributed by atoms with Crippen LogP contribution in [0.25, 0.3) is 11.5 Å². The van der Waals surface area contributed by atoms with E-state index in [0.717, 1.165) is 11.1 Å². The average Bonchev–Trinajstić information content (AvgIpc) is 3.22. The van der Waals surface area contributed by atoms with Crippen LogP contribution in [0.15, 0.2) is 53.1 Å². The topological polar surface area (TPSA) is 106 Å². The number of carbonyl (C=O) groups is 1. The molecular formula is C21H21N5O4. The van der Waals surface area contributed by atoms with Crippen LogP contribution >= 0.6 is 0 Å². The Balaban J connectivity index is 1.34. The Labute approximate surface area is 173 Å². The molecule has 30 heavy (non-hydrogen) atoms. The number of hydrogen-bond acceptors (Lipinski definition) is 7. The van der Waals surface area contributed by atoms with Gasteiger partial charge in [-0.25, -0.2) is 0 Å². The summed E-state index contributed by atoms with van der Waals surface area (Å²) in [7, 11) is 0. The number of rotatable bonds is 5. The van der Waals surface area contributed by atoms with Gasteiger partial charge in [0.05, 0.1) is 11.5 Å². The summed E-state index contributed by atoms with van der Waals surface area (Å²) in [6.45, 7) is 4.93. The quantitative estimate of drug-likeness (QED) is 0.473. The first kappa shape index (κ1) is 19.7. The fourth-order valence-electron chi connectivity index (χ4n) is 3.46. The van der Waals surface area contributed by atoms with Crippen LogP contribution in [-0.2, 0) is 6.54 Å². The van der Waals surface area contributed by atoms with E-state index in [0.29, 0.717) is 50.0 Å². The number of amides is 1. The smallest absolute Gasteiger partial charge is 0.270 e. The van der Waals surface area contributed by atoms with Gasteiger partial charge in [0.25, 0.3) is 17.5 Å². The van der Waals surface area contributed by atoms with E-state index in [2.05, 4.69) is 15.0 Å². The molecule has 154 valence electrons. The summed E-state index contributed by atoms with van der Waals surface area (Å²) in [5.74, 6) is 0.901. The van der Waals surface area contributed by atoms with Crippen molar-refractivity contribution in [3.8, 4) is 11.5 Å². The number of piperazine rings is 1. The fraction of sp³-hybridized carbons (Fsp3) is 0.286. The molecule has 2 heterocycles. The molecule has 9 nitrogen and oxygen atoms in total. The lowest BCUT2D eigenvalue weighted by molar-refractivity contribution is -0.384. The third-order valence-electron chi connectivity index (χ3n) is 5.06. The van der Waals surface area contributed by atoms with Gasteiger partial charge >= 0.3 is 0 Å². The zero-order valence-electron chi connectivity index (χ0n) is 16.5. The zero-order chi connectivity index (χ0) is 21.1. The predicted molar refractivity (Wildman–Crippen MR) is 109 cm³/mol. The Kier molecular flexibility index (Phi) is 5.53. The molecule has 1 aliphatic rings. The molecule has 9 heteroatoms. The number of nitro groups is 1. The lowest BCUT2D eigenvalue weighted by atomic mass is 10.1. The molecule has 0 saturated carbocycles. The van der Waals surface area contributed by atoms with Crippen molar-refractivity contribution in [2.24, 2.45) is 0 Å². The SMILES string of the molecule is Cc1cccc(-c2nc(CN3CCN(C(=O)c4cccc([N+](=O)[O-])c4)CC3)no2)c1. The number of carbonyl (C=O) groups excluding carboxylic acids is 1. The molecule has 0 atom stereocenters. The molecule has 2 aromatic carbocycles. The van der Waals surface area contributed by atoms with Crippen molar-refractivity contribution < 1.29 is 14.2 Å². The third kappa shape index (κ3) is 4.36. The molecule has 1 saturated heterocycles. The van der Waals surface area contributed by atoms with Crippen LogP contribution in [0.2, 0.25) is 0 Å². The first-order valence-electron chi connectivity index (χ1n) is 9.65. The number of aromatic nitrogens is 2. The van der Waals surface area contributed by atoms with Crippen molar-refractivity contribution in [2.75, 3.05) is 26.2 Å². The summed E-state index contributed by atoms with van der Waals surface area (Å²) < 4.78 is 5.39. The first-order chi connectivity index (χ1) is 14.5. The Morgan fingerprint density at radius 2 is 1.90 bits per heavy atom. The molecule has 1 aromatic heterocycles. The number of nitro benzene ring substituents is 1. The molecule has 3 aromatic rings. The second-order valence-corrected chi connectivity index (χ2v) is 7.26. The van der Waals surface area contributed by atoms with Crippen molar-refractivity contribution in [2.45, 2.75) is 13.5 Å². The van der Waals surface area contributed by atoms with Gasteiger partial charge in [0.1, 0.15) is 0 Å². The molecule has 0 radical (unpaired) electrons. The fourth-order valence-corrected chi connectivity index (χ4v) is 3.46. The molecule has 1 fully saturated rings. The van der Waals surface area contributed by atoms with Gasteiger partial charge in [-0.1, -0.05) is 28.9 Å². The van der Waals surface area contributed by atoms with Gasteiger partial charge in [-0.2, -0.15) is 4.98 Å². The minimum atomic E-state index is -0.495. The summed E-state index contributed by atoms with van der Waals surface area (Å²) in [5.41, 5.74) is 2.26. The molecule has 0 unspecified atom stereocenters. The van der Waals surface area contributed by atoms with E-state index < -0.39 is 4.92 Å². The van der Waals surface area contributed by atoms with Gasteiger partial charge in [0.2, 0.25) is 0 Å². The minimum Gasteiger partial charge on any atom is -0.336 e. The highest BCUT2D eigenvalue weighted by molar-refractivity contribution is 5.94. The highest BCUT2D eigenvalue weighted by Crippen LogP contribution is 2.19. The van der Waals surface area contributed by atoms with Crippen LogP contribution in [0.3, 0.4) is 0 Å². The van der Waals surface area contributed by atoms with E-state index in [1.54, 1.807) is 11.0 Å². The van der Waals surface area contributed by atoms with Crippen LogP contribution in [0.5, 0.6) is 0 Å². The largest absolute Gasteiger partial charge is 0.336 e. The molecule has 0 aliphatic carbocycles. The van der Waals surface area contributed by atoms with Crippen molar-refractivity contribution in [1.82, 2.24) is 19.9 Å². The highest BCUT2D eigenvalue weighted by Gasteiger charge is 2.24. The summed E-state index contributed by atoms with van der Waals surface area (Å²) in [6, 6.07) is 13.7. The van der Waals surface area contributed by atoms with E-state index in [1.165, 1.54) is 18.2 Å². The van der Waals surface area contributed by atoms with Gasteiger partial charge in [-0.05, 0) is 25.1 Å². The number of non-ortho nitro benzene ring substituents is 1. The molecule has 0 spiro atoms. The monoisotopic (exact) mass is 407 g/mol. The Bertz CT molecular complexity index is 1070. The maximum Gasteiger partial charge on any atom is 0.270 e. The zero-order valence-corrected chi connectivity index (χ0v) is 16.5. The Hall–Kier alpha value is -3.59. The van der Waals surface area contributed by atoms with E-state index in [9.17, 15) is 14.9 Å². The summed E-state index contributed by atoms with van der Waals surface area (Å²) in [5, 5.41) is 15.0. The van der Waals surface area contributed by atoms with Gasteiger partial charge in [0.15, 0.2) is 5.82 Å². The first-order valence-corrected chi connectivity index (χ1v) is 9.65. The lowest BCUT2D eigenvalue weighted by Gasteiger charge is -2.34. The van der Waals surface area contributed by atoms with Crippen molar-refractivity contribution in [3.63, 3.8) is 0 Å². The maximum atomic E-state index is 12.7. The summed E-state index contributed by atoms with van der Waals surface area (Å²) in [4.78, 5) is 31.5. The Morgan fingerprint density at radius 1 is 1.13 bits per heavy atom. The number of nitrogens with zero attached hydrogens (tertiary/aromatic N) is 5. The second-order valence-electron chi connectivity index (χ2n) is 7.26. The molecular weight excluding hydrogens is 386 g/mol. The van der Waals surface area contributed by atoms with Crippen LogP contribution < -0.4 is 0 Å². The minimum absolute atomic E-state index is 0.0824. The second kappa shape index (κ2) is 8.42. The average molecular weight is 407 g/mol. The molecule has 0 N–H and O–H groups in total. The van der Waals surface area contributed by atoms with Crippen LogP contribution in [-0.4, -0.2) is 56.9 Å². The highest BCUT2D eigenvalue weighted by atomic mass is 16.6. The number of aryl methyl sites for hydroxylation is 1. The van der Waals surface area contributed by atoms with E-state index in [-0.39, 0.29) is 11.6 Å². The van der Waals surface area contributed by atoms with Crippen LogP contribution in [0, 0.1) is 17.0 Å². The van der Waals surface area contributed by atoms with Gasteiger partial charge in [0, 0.05) is 49.4 Å². The molecule has 1 amide bonds. The normalized spacial score (nSPS) is 14.6. The van der Waals surface area contributed by atoms with Gasteiger partial charge in [-0.3, -0.25) is 19.8 Å². The van der Waals surface area contributed by atoms with Crippen molar-refractivity contribution >= 4 is 11.6 Å².